The highest BCUT2D eigenvalue weighted by Crippen LogP contribution is 2.37. The molecule has 2 aliphatic heterocycles. The predicted octanol–water partition coefficient (Wildman–Crippen LogP) is 1.84. The fourth-order valence-corrected chi connectivity index (χ4v) is 4.55. The molecule has 3 heterocycles. The van der Waals surface area contributed by atoms with Crippen molar-refractivity contribution in [3.8, 4) is 11.5 Å². The van der Waals surface area contributed by atoms with Crippen molar-refractivity contribution in [1.82, 2.24) is 25.0 Å². The zero-order valence-corrected chi connectivity index (χ0v) is 19.4. The molecule has 0 unspecified atom stereocenters. The van der Waals surface area contributed by atoms with Gasteiger partial charge in [-0.2, -0.15) is 0 Å². The van der Waals surface area contributed by atoms with Crippen molar-refractivity contribution in [1.29, 1.82) is 0 Å². The van der Waals surface area contributed by atoms with Crippen LogP contribution in [0.1, 0.15) is 30.1 Å². The Kier molecular flexibility index (Phi) is 7.49. The van der Waals surface area contributed by atoms with Crippen LogP contribution in [0.5, 0.6) is 11.5 Å². The number of nitrogens with zero attached hydrogens (tertiary/aromatic N) is 4. The quantitative estimate of drug-likeness (QED) is 0.638. The summed E-state index contributed by atoms with van der Waals surface area (Å²) in [5.41, 5.74) is 0.999. The van der Waals surface area contributed by atoms with Gasteiger partial charge in [0, 0.05) is 52.2 Å². The minimum absolute atomic E-state index is 0.0314. The van der Waals surface area contributed by atoms with E-state index in [1.165, 1.54) is 0 Å². The lowest BCUT2D eigenvalue weighted by Gasteiger charge is -2.21. The summed E-state index contributed by atoms with van der Waals surface area (Å²) in [4.78, 5) is 14.5. The van der Waals surface area contributed by atoms with Crippen LogP contribution in [-0.2, 0) is 35.5 Å². The number of methoxy groups -OCH3 is 2. The average molecular weight is 464 g/mol. The summed E-state index contributed by atoms with van der Waals surface area (Å²) in [6.07, 6.45) is 2.89. The molecule has 1 N–H and O–H groups in total. The molecule has 1 amide bonds. The Labute approximate surface area is 193 Å². The van der Waals surface area contributed by atoms with Gasteiger partial charge in [0.1, 0.15) is 17.8 Å². The maximum atomic E-state index is 12.1. The third-order valence-electron chi connectivity index (χ3n) is 6.02. The van der Waals surface area contributed by atoms with Crippen LogP contribution in [0.3, 0.4) is 0 Å². The highest BCUT2D eigenvalue weighted by molar-refractivity contribution is 6.33. The highest BCUT2D eigenvalue weighted by Gasteiger charge is 2.24. The van der Waals surface area contributed by atoms with Gasteiger partial charge in [0.05, 0.1) is 19.2 Å². The summed E-state index contributed by atoms with van der Waals surface area (Å²) in [5.74, 6) is 3.03. The number of nitrogens with one attached hydrogen (secondary N) is 1. The van der Waals surface area contributed by atoms with Crippen molar-refractivity contribution in [2.75, 3.05) is 40.5 Å². The average Bonchev–Trinajstić information content (AvgIpc) is 3.43. The van der Waals surface area contributed by atoms with Gasteiger partial charge in [-0.15, -0.1) is 10.2 Å². The van der Waals surface area contributed by atoms with Gasteiger partial charge in [-0.1, -0.05) is 17.7 Å². The van der Waals surface area contributed by atoms with Crippen molar-refractivity contribution >= 4 is 17.5 Å². The van der Waals surface area contributed by atoms with Crippen molar-refractivity contribution in [3.05, 3.63) is 34.4 Å². The summed E-state index contributed by atoms with van der Waals surface area (Å²) in [7, 11) is 3.19. The smallest absolute Gasteiger partial charge is 0.249 e. The van der Waals surface area contributed by atoms with Crippen LogP contribution < -0.4 is 14.8 Å². The molecule has 10 heteroatoms. The van der Waals surface area contributed by atoms with Crippen molar-refractivity contribution in [3.63, 3.8) is 0 Å². The van der Waals surface area contributed by atoms with Crippen LogP contribution in [0.15, 0.2) is 12.1 Å². The van der Waals surface area contributed by atoms with Crippen molar-refractivity contribution in [2.24, 2.45) is 0 Å². The normalized spacial score (nSPS) is 18.8. The Bertz CT molecular complexity index is 945. The standard InChI is InChI=1S/C22H30ClN5O4/c1-30-16-6-5-15(20(23)21(16)31-2)14-27-10-8-19-26-25-18(28(19)12-11-27)7-9-24-22(29)17-4-3-13-32-17/h5-6,17H,3-4,7-14H2,1-2H3,(H,24,29)/t17-/m0/s1. The third kappa shape index (κ3) is 5.00. The molecule has 1 aromatic carbocycles. The van der Waals surface area contributed by atoms with E-state index in [0.29, 0.717) is 42.6 Å². The number of rotatable bonds is 8. The second-order valence-electron chi connectivity index (χ2n) is 8.03. The van der Waals surface area contributed by atoms with E-state index < -0.39 is 0 Å². The molecule has 0 saturated carbocycles. The SMILES string of the molecule is COc1ccc(CN2CCc3nnc(CCNC(=O)[C@@H]4CCCO4)n3CC2)c(Cl)c1OC. The van der Waals surface area contributed by atoms with Gasteiger partial charge in [0.15, 0.2) is 11.5 Å². The number of carbonyl (C=O) groups is 1. The van der Waals surface area contributed by atoms with E-state index in [1.54, 1.807) is 14.2 Å². The zero-order chi connectivity index (χ0) is 22.5. The van der Waals surface area contributed by atoms with Gasteiger partial charge >= 0.3 is 0 Å². The summed E-state index contributed by atoms with van der Waals surface area (Å²) in [5, 5.41) is 12.3. The molecule has 4 rings (SSSR count). The van der Waals surface area contributed by atoms with Crippen LogP contribution in [0.25, 0.3) is 0 Å². The van der Waals surface area contributed by atoms with Crippen molar-refractivity contribution in [2.45, 2.75) is 44.9 Å². The molecule has 1 fully saturated rings. The molecule has 32 heavy (non-hydrogen) atoms. The molecule has 1 aromatic heterocycles. The molecule has 0 aliphatic carbocycles. The van der Waals surface area contributed by atoms with Gasteiger partial charge in [0.25, 0.3) is 0 Å². The molecular weight excluding hydrogens is 434 g/mol. The molecule has 2 aliphatic rings. The van der Waals surface area contributed by atoms with Gasteiger partial charge in [-0.3, -0.25) is 9.69 Å². The molecule has 0 spiro atoms. The van der Waals surface area contributed by atoms with Crippen LogP contribution in [-0.4, -0.2) is 72.1 Å². The molecule has 0 radical (unpaired) electrons. The number of fused-ring (bicyclic) bond motifs is 1. The van der Waals surface area contributed by atoms with Crippen LogP contribution in [0, 0.1) is 0 Å². The lowest BCUT2D eigenvalue weighted by Crippen LogP contribution is -2.35. The van der Waals surface area contributed by atoms with E-state index in [-0.39, 0.29) is 12.0 Å². The maximum Gasteiger partial charge on any atom is 0.249 e. The third-order valence-corrected chi connectivity index (χ3v) is 6.44. The second-order valence-corrected chi connectivity index (χ2v) is 8.41. The van der Waals surface area contributed by atoms with Gasteiger partial charge in [-0.05, 0) is 24.5 Å². The first-order valence-corrected chi connectivity index (χ1v) is 11.4. The summed E-state index contributed by atoms with van der Waals surface area (Å²) < 4.78 is 18.4. The number of benzene rings is 1. The largest absolute Gasteiger partial charge is 0.493 e. The zero-order valence-electron chi connectivity index (χ0n) is 18.6. The van der Waals surface area contributed by atoms with E-state index in [4.69, 9.17) is 25.8 Å². The molecule has 1 atom stereocenters. The monoisotopic (exact) mass is 463 g/mol. The Morgan fingerprint density at radius 2 is 2.12 bits per heavy atom. The Hall–Kier alpha value is -2.36. The highest BCUT2D eigenvalue weighted by atomic mass is 35.5. The molecular formula is C22H30ClN5O4. The summed E-state index contributed by atoms with van der Waals surface area (Å²) in [6, 6.07) is 3.87. The Balaban J connectivity index is 1.34. The van der Waals surface area contributed by atoms with Gasteiger partial charge < -0.3 is 24.1 Å². The summed E-state index contributed by atoms with van der Waals surface area (Å²) >= 11 is 6.57. The molecule has 174 valence electrons. The first kappa shape index (κ1) is 22.8. The van der Waals surface area contributed by atoms with Crippen LogP contribution in [0.2, 0.25) is 5.02 Å². The first-order valence-electron chi connectivity index (χ1n) is 11.0. The molecule has 9 nitrogen and oxygen atoms in total. The number of aromatic nitrogens is 3. The first-order chi connectivity index (χ1) is 15.6. The molecule has 0 bridgehead atoms. The van der Waals surface area contributed by atoms with E-state index in [9.17, 15) is 4.79 Å². The van der Waals surface area contributed by atoms with Gasteiger partial charge in [0.2, 0.25) is 5.91 Å². The number of ether oxygens (including phenoxy) is 3. The number of carbonyl (C=O) groups excluding carboxylic acids is 1. The second kappa shape index (κ2) is 10.5. The number of amides is 1. The summed E-state index contributed by atoms with van der Waals surface area (Å²) in [6.45, 7) is 4.42. The number of hydrogen-bond acceptors (Lipinski definition) is 7. The van der Waals surface area contributed by atoms with E-state index in [2.05, 4.69) is 25.0 Å². The molecule has 2 aromatic rings. The predicted molar refractivity (Wildman–Crippen MR) is 119 cm³/mol. The van der Waals surface area contributed by atoms with Crippen LogP contribution in [0.4, 0.5) is 0 Å². The van der Waals surface area contributed by atoms with E-state index in [1.807, 2.05) is 12.1 Å². The van der Waals surface area contributed by atoms with E-state index >= 15 is 0 Å². The van der Waals surface area contributed by atoms with Crippen molar-refractivity contribution < 1.29 is 19.0 Å². The fourth-order valence-electron chi connectivity index (χ4n) is 4.26. The van der Waals surface area contributed by atoms with Gasteiger partial charge in [-0.25, -0.2) is 0 Å². The topological polar surface area (TPSA) is 90.7 Å². The van der Waals surface area contributed by atoms with E-state index in [0.717, 1.165) is 56.1 Å². The lowest BCUT2D eigenvalue weighted by molar-refractivity contribution is -0.130. The van der Waals surface area contributed by atoms with Crippen LogP contribution >= 0.6 is 11.6 Å². The maximum absolute atomic E-state index is 12.1. The Morgan fingerprint density at radius 3 is 2.88 bits per heavy atom. The fraction of sp³-hybridized carbons (Fsp3) is 0.591. The lowest BCUT2D eigenvalue weighted by atomic mass is 10.1. The minimum atomic E-state index is -0.303. The minimum Gasteiger partial charge on any atom is -0.493 e. The molecule has 1 saturated heterocycles. The number of halogens is 1. The Morgan fingerprint density at radius 1 is 1.25 bits per heavy atom. The number of hydrogen-bond donors (Lipinski definition) is 1.